The van der Waals surface area contributed by atoms with Crippen molar-refractivity contribution >= 4 is 40.3 Å². The first kappa shape index (κ1) is 19.0. The molecule has 0 bridgehead atoms. The molecule has 1 N–H and O–H groups in total. The number of halogens is 1. The van der Waals surface area contributed by atoms with E-state index in [2.05, 4.69) is 16.4 Å². The number of rotatable bonds is 3. The number of aliphatic imine (C=N–C) groups is 1. The predicted octanol–water partition coefficient (Wildman–Crippen LogP) is 3.68. The smallest absolute Gasteiger partial charge is 0.262 e. The minimum Gasteiger partial charge on any atom is -0.362 e. The first-order chi connectivity index (χ1) is 14.6. The number of carbonyl (C=O) groups is 1. The molecule has 0 spiro atoms. The van der Waals surface area contributed by atoms with E-state index in [4.69, 9.17) is 21.3 Å². The average Bonchev–Trinajstić information content (AvgIpc) is 3.58. The van der Waals surface area contributed by atoms with Crippen LogP contribution in [0, 0.1) is 17.2 Å². The summed E-state index contributed by atoms with van der Waals surface area (Å²) >= 11 is 6.05. The number of amides is 1. The molecule has 8 heteroatoms. The van der Waals surface area contributed by atoms with Crippen molar-refractivity contribution < 1.29 is 9.53 Å². The molecule has 1 unspecified atom stereocenters. The summed E-state index contributed by atoms with van der Waals surface area (Å²) in [5.41, 5.74) is 4.01. The molecule has 5 rings (SSSR count). The molecular formula is C22H20ClN5O2. The SMILES string of the molecule is CN1C(=O)C2OCC[C@H](C3CC3)N=C2c2cc(Nc3ccnc(Cl)c3C#N)ccc21. The summed E-state index contributed by atoms with van der Waals surface area (Å²) in [6.45, 7) is 0.534. The molecule has 2 aliphatic heterocycles. The summed E-state index contributed by atoms with van der Waals surface area (Å²) in [4.78, 5) is 23.5. The highest BCUT2D eigenvalue weighted by molar-refractivity contribution is 6.31. The Hall–Kier alpha value is -2.95. The van der Waals surface area contributed by atoms with Gasteiger partial charge in [0.05, 0.1) is 29.7 Å². The standard InChI is InChI=1S/C22H20ClN5O2/c1-28-18-5-4-13(26-17-6-8-25-21(23)15(17)11-24)10-14(18)19-20(22(28)29)30-9-7-16(27-19)12-2-3-12/h4-6,8,10,12,16,20H,2-3,7,9H2,1H3,(H,25,26)/t16-,20?/m1/s1. The molecule has 3 heterocycles. The van der Waals surface area contributed by atoms with Gasteiger partial charge < -0.3 is 15.0 Å². The van der Waals surface area contributed by atoms with Gasteiger partial charge in [-0.05, 0) is 49.4 Å². The second-order valence-electron chi connectivity index (χ2n) is 7.85. The van der Waals surface area contributed by atoms with Gasteiger partial charge in [-0.3, -0.25) is 9.79 Å². The van der Waals surface area contributed by atoms with E-state index in [1.807, 2.05) is 18.2 Å². The van der Waals surface area contributed by atoms with Gasteiger partial charge in [-0.15, -0.1) is 0 Å². The fraction of sp³-hybridized carbons (Fsp3) is 0.364. The molecule has 3 aliphatic rings. The first-order valence-corrected chi connectivity index (χ1v) is 10.4. The van der Waals surface area contributed by atoms with Crippen LogP contribution in [0.5, 0.6) is 0 Å². The van der Waals surface area contributed by atoms with Gasteiger partial charge in [0.1, 0.15) is 16.8 Å². The van der Waals surface area contributed by atoms with E-state index >= 15 is 0 Å². The summed E-state index contributed by atoms with van der Waals surface area (Å²) in [6.07, 6.45) is 4.10. The number of aromatic nitrogens is 1. The number of likely N-dealkylation sites (N-methyl/N-ethyl adjacent to an activating group) is 1. The lowest BCUT2D eigenvalue weighted by atomic mass is 9.95. The van der Waals surface area contributed by atoms with Crippen LogP contribution in [-0.4, -0.2) is 42.4 Å². The van der Waals surface area contributed by atoms with Gasteiger partial charge in [-0.2, -0.15) is 5.26 Å². The minimum absolute atomic E-state index is 0.0916. The fourth-order valence-corrected chi connectivity index (χ4v) is 4.33. The Morgan fingerprint density at radius 2 is 2.13 bits per heavy atom. The molecule has 1 aliphatic carbocycles. The van der Waals surface area contributed by atoms with E-state index in [0.29, 0.717) is 23.9 Å². The van der Waals surface area contributed by atoms with Crippen molar-refractivity contribution in [1.82, 2.24) is 4.98 Å². The number of nitriles is 1. The number of ether oxygens (including phenoxy) is 1. The third-order valence-corrected chi connectivity index (χ3v) is 6.19. The number of carbonyl (C=O) groups excluding carboxylic acids is 1. The van der Waals surface area contributed by atoms with Crippen LogP contribution >= 0.6 is 11.6 Å². The molecule has 30 heavy (non-hydrogen) atoms. The average molecular weight is 422 g/mol. The Kier molecular flexibility index (Phi) is 4.69. The van der Waals surface area contributed by atoms with Crippen molar-refractivity contribution in [3.8, 4) is 6.07 Å². The van der Waals surface area contributed by atoms with Crippen LogP contribution < -0.4 is 10.2 Å². The highest BCUT2D eigenvalue weighted by Gasteiger charge is 2.41. The summed E-state index contributed by atoms with van der Waals surface area (Å²) in [7, 11) is 1.76. The fourth-order valence-electron chi connectivity index (χ4n) is 4.13. The van der Waals surface area contributed by atoms with Crippen LogP contribution in [0.25, 0.3) is 0 Å². The summed E-state index contributed by atoms with van der Waals surface area (Å²) in [5.74, 6) is 0.502. The molecule has 1 amide bonds. The molecule has 7 nitrogen and oxygen atoms in total. The molecule has 2 atom stereocenters. The Bertz CT molecular complexity index is 1110. The summed E-state index contributed by atoms with van der Waals surface area (Å²) < 4.78 is 5.95. The lowest BCUT2D eigenvalue weighted by Crippen LogP contribution is -2.47. The summed E-state index contributed by atoms with van der Waals surface area (Å²) in [6, 6.07) is 9.71. The number of nitrogens with one attached hydrogen (secondary N) is 1. The zero-order chi connectivity index (χ0) is 20.8. The van der Waals surface area contributed by atoms with Crippen LogP contribution in [0.2, 0.25) is 5.15 Å². The second kappa shape index (κ2) is 7.38. The topological polar surface area (TPSA) is 90.6 Å². The lowest BCUT2D eigenvalue weighted by Gasteiger charge is -2.32. The van der Waals surface area contributed by atoms with Crippen LogP contribution in [0.4, 0.5) is 17.1 Å². The van der Waals surface area contributed by atoms with E-state index in [1.165, 1.54) is 12.8 Å². The van der Waals surface area contributed by atoms with Crippen molar-refractivity contribution in [2.75, 3.05) is 23.9 Å². The molecular weight excluding hydrogens is 402 g/mol. The number of anilines is 3. The van der Waals surface area contributed by atoms with Crippen molar-refractivity contribution in [3.05, 3.63) is 46.7 Å². The molecule has 0 radical (unpaired) electrons. The van der Waals surface area contributed by atoms with Crippen LogP contribution in [0.3, 0.4) is 0 Å². The number of pyridine rings is 1. The highest BCUT2D eigenvalue weighted by Crippen LogP contribution is 2.39. The molecule has 2 aromatic rings. The Morgan fingerprint density at radius 1 is 1.30 bits per heavy atom. The van der Waals surface area contributed by atoms with Gasteiger partial charge in [0, 0.05) is 24.5 Å². The quantitative estimate of drug-likeness (QED) is 0.763. The largest absolute Gasteiger partial charge is 0.362 e. The molecule has 152 valence electrons. The monoisotopic (exact) mass is 421 g/mol. The lowest BCUT2D eigenvalue weighted by molar-refractivity contribution is -0.126. The Labute approximate surface area is 179 Å². The predicted molar refractivity (Wildman–Crippen MR) is 115 cm³/mol. The third kappa shape index (κ3) is 3.22. The van der Waals surface area contributed by atoms with Gasteiger partial charge in [-0.25, -0.2) is 4.98 Å². The van der Waals surface area contributed by atoms with E-state index in [9.17, 15) is 10.1 Å². The van der Waals surface area contributed by atoms with Crippen molar-refractivity contribution in [1.29, 1.82) is 5.26 Å². The maximum absolute atomic E-state index is 12.9. The van der Waals surface area contributed by atoms with Crippen molar-refractivity contribution in [2.45, 2.75) is 31.4 Å². The Morgan fingerprint density at radius 3 is 2.90 bits per heavy atom. The maximum Gasteiger partial charge on any atom is 0.262 e. The molecule has 1 aromatic carbocycles. The maximum atomic E-state index is 12.9. The van der Waals surface area contributed by atoms with Gasteiger partial charge >= 0.3 is 0 Å². The van der Waals surface area contributed by atoms with Gasteiger partial charge in [0.2, 0.25) is 0 Å². The highest BCUT2D eigenvalue weighted by atomic mass is 35.5. The van der Waals surface area contributed by atoms with Gasteiger partial charge in [0.15, 0.2) is 6.10 Å². The van der Waals surface area contributed by atoms with E-state index in [1.54, 1.807) is 24.2 Å². The molecule has 1 saturated carbocycles. The zero-order valence-corrected chi connectivity index (χ0v) is 17.2. The first-order valence-electron chi connectivity index (χ1n) is 9.99. The van der Waals surface area contributed by atoms with Crippen LogP contribution in [-0.2, 0) is 9.53 Å². The minimum atomic E-state index is -0.675. The van der Waals surface area contributed by atoms with Crippen LogP contribution in [0.15, 0.2) is 35.5 Å². The van der Waals surface area contributed by atoms with Crippen LogP contribution in [0.1, 0.15) is 30.4 Å². The van der Waals surface area contributed by atoms with E-state index in [0.717, 1.165) is 23.4 Å². The number of nitrogens with zero attached hydrogens (tertiary/aromatic N) is 4. The normalized spacial score (nSPS) is 23.0. The van der Waals surface area contributed by atoms with Gasteiger partial charge in [0.25, 0.3) is 5.91 Å². The van der Waals surface area contributed by atoms with Crippen molar-refractivity contribution in [3.63, 3.8) is 0 Å². The van der Waals surface area contributed by atoms with Crippen molar-refractivity contribution in [2.24, 2.45) is 10.9 Å². The number of hydrogen-bond acceptors (Lipinski definition) is 6. The van der Waals surface area contributed by atoms with E-state index < -0.39 is 6.10 Å². The molecule has 1 aromatic heterocycles. The Balaban J connectivity index is 1.57. The third-order valence-electron chi connectivity index (χ3n) is 5.90. The number of hydrogen-bond donors (Lipinski definition) is 1. The summed E-state index contributed by atoms with van der Waals surface area (Å²) in [5, 5.41) is 12.8. The van der Waals surface area contributed by atoms with Gasteiger partial charge in [-0.1, -0.05) is 11.6 Å². The second-order valence-corrected chi connectivity index (χ2v) is 8.21. The number of fused-ring (bicyclic) bond motifs is 3. The van der Waals surface area contributed by atoms with E-state index in [-0.39, 0.29) is 22.7 Å². The molecule has 1 fully saturated rings. The zero-order valence-electron chi connectivity index (χ0n) is 16.4. The number of benzene rings is 1. The molecule has 0 saturated heterocycles.